The van der Waals surface area contributed by atoms with E-state index in [-0.39, 0.29) is 10.9 Å². The van der Waals surface area contributed by atoms with Crippen LogP contribution in [0.2, 0.25) is 0 Å². The molecule has 13 heavy (non-hydrogen) atoms. The van der Waals surface area contributed by atoms with E-state index in [1.807, 2.05) is 6.92 Å². The molecule has 4 heteroatoms. The highest BCUT2D eigenvalue weighted by Gasteiger charge is 2.00. The Morgan fingerprint density at radius 3 is 2.77 bits per heavy atom. The molecule has 0 aromatic heterocycles. The van der Waals surface area contributed by atoms with Gasteiger partial charge >= 0.3 is 0 Å². The topological polar surface area (TPSA) is 52.9 Å². The average Bonchev–Trinajstić information content (AvgIpc) is 2.15. The normalized spacial score (nSPS) is 9.77. The third kappa shape index (κ3) is 2.93. The van der Waals surface area contributed by atoms with Crippen molar-refractivity contribution in [2.24, 2.45) is 0 Å². The molecule has 72 valence electrons. The fourth-order valence-electron chi connectivity index (χ4n) is 0.918. The highest BCUT2D eigenvalue weighted by atomic mass is 16.8. The smallest absolute Gasteiger partial charge is 0.121 e. The molecule has 0 amide bonds. The molecule has 0 bridgehead atoms. The van der Waals surface area contributed by atoms with E-state index < -0.39 is 0 Å². The number of anilines is 1. The highest BCUT2D eigenvalue weighted by Crippen LogP contribution is 2.18. The van der Waals surface area contributed by atoms with Gasteiger partial charge in [-0.05, 0) is 18.6 Å². The minimum Gasteiger partial charge on any atom is -0.494 e. The second-order valence-electron chi connectivity index (χ2n) is 2.64. The van der Waals surface area contributed by atoms with Crippen molar-refractivity contribution in [1.82, 2.24) is 0 Å². The molecule has 2 N–H and O–H groups in total. The molecule has 0 saturated heterocycles. The summed E-state index contributed by atoms with van der Waals surface area (Å²) in [6, 6.07) is 6.58. The van der Waals surface area contributed by atoms with Crippen LogP contribution in [0.3, 0.4) is 0 Å². The molecule has 0 aliphatic rings. The predicted molar refractivity (Wildman–Crippen MR) is 48.3 cm³/mol. The van der Waals surface area contributed by atoms with Gasteiger partial charge in [0.15, 0.2) is 0 Å². The number of benzene rings is 1. The van der Waals surface area contributed by atoms with Crippen molar-refractivity contribution in [1.29, 1.82) is 0 Å². The molecule has 0 atom stereocenters. The van der Waals surface area contributed by atoms with E-state index in [0.29, 0.717) is 12.4 Å². The zero-order valence-electron chi connectivity index (χ0n) is 7.47. The van der Waals surface area contributed by atoms with Crippen LogP contribution in [0.4, 0.5) is 5.69 Å². The third-order valence-corrected chi connectivity index (χ3v) is 1.52. The van der Waals surface area contributed by atoms with Crippen molar-refractivity contribution in [2.45, 2.75) is 13.3 Å². The summed E-state index contributed by atoms with van der Waals surface area (Å²) in [5.41, 5.74) is 0.286. The van der Waals surface area contributed by atoms with Crippen LogP contribution in [-0.2, 0) is 0 Å². The van der Waals surface area contributed by atoms with Gasteiger partial charge in [-0.3, -0.25) is 10.4 Å². The molecule has 0 unspecified atom stereocenters. The van der Waals surface area contributed by atoms with Gasteiger partial charge in [-0.15, -0.1) is 5.23 Å². The van der Waals surface area contributed by atoms with Crippen molar-refractivity contribution < 1.29 is 15.2 Å². The first kappa shape index (κ1) is 9.83. The minimum atomic E-state index is 0.0683. The van der Waals surface area contributed by atoms with Gasteiger partial charge in [0, 0.05) is 6.07 Å². The van der Waals surface area contributed by atoms with Crippen LogP contribution in [0, 0.1) is 0 Å². The van der Waals surface area contributed by atoms with Crippen molar-refractivity contribution in [3.8, 4) is 5.75 Å². The Kier molecular flexibility index (Phi) is 3.54. The number of hydrogen-bond acceptors (Lipinski definition) is 4. The van der Waals surface area contributed by atoms with Gasteiger partial charge in [-0.2, -0.15) is 0 Å². The maximum Gasteiger partial charge on any atom is 0.121 e. The van der Waals surface area contributed by atoms with Crippen LogP contribution in [-0.4, -0.2) is 17.0 Å². The van der Waals surface area contributed by atoms with Crippen LogP contribution < -0.4 is 9.96 Å². The van der Waals surface area contributed by atoms with Gasteiger partial charge < -0.3 is 4.74 Å². The van der Waals surface area contributed by atoms with E-state index in [9.17, 15) is 0 Å². The van der Waals surface area contributed by atoms with Gasteiger partial charge in [0.25, 0.3) is 0 Å². The molecule has 4 nitrogen and oxygen atoms in total. The Labute approximate surface area is 76.9 Å². The van der Waals surface area contributed by atoms with E-state index in [0.717, 1.165) is 6.42 Å². The molecule has 1 aromatic carbocycles. The fourth-order valence-corrected chi connectivity index (χ4v) is 0.918. The summed E-state index contributed by atoms with van der Waals surface area (Å²) in [6.45, 7) is 2.63. The Bertz CT molecular complexity index is 263. The molecule has 1 aromatic rings. The number of nitrogens with zero attached hydrogens (tertiary/aromatic N) is 1. The van der Waals surface area contributed by atoms with Crippen LogP contribution in [0.15, 0.2) is 24.3 Å². The van der Waals surface area contributed by atoms with Gasteiger partial charge in [0.05, 0.1) is 12.3 Å². The van der Waals surface area contributed by atoms with Gasteiger partial charge in [-0.25, -0.2) is 0 Å². The minimum absolute atomic E-state index is 0.0683. The molecular weight excluding hydrogens is 170 g/mol. The summed E-state index contributed by atoms with van der Waals surface area (Å²) >= 11 is 0. The average molecular weight is 183 g/mol. The standard InChI is InChI=1S/C9H13NO3/c1-2-6-13-9-5-3-4-8(7-9)10(11)12/h3-5,7,11-12H,2,6H2,1H3. The fraction of sp³-hybridized carbons (Fsp3) is 0.333. The van der Waals surface area contributed by atoms with E-state index >= 15 is 0 Å². The largest absolute Gasteiger partial charge is 0.494 e. The summed E-state index contributed by atoms with van der Waals surface area (Å²) in [5, 5.41) is 17.5. The Morgan fingerprint density at radius 2 is 2.15 bits per heavy atom. The zero-order chi connectivity index (χ0) is 9.68. The lowest BCUT2D eigenvalue weighted by molar-refractivity contribution is 0.0290. The molecular formula is C9H13NO3. The SMILES string of the molecule is CCCOc1cccc(N(O)O)c1. The first-order chi connectivity index (χ1) is 6.24. The van der Waals surface area contributed by atoms with E-state index in [4.69, 9.17) is 15.2 Å². The Hall–Kier alpha value is -1.26. The predicted octanol–water partition coefficient (Wildman–Crippen LogP) is 2.06. The second kappa shape index (κ2) is 4.69. The van der Waals surface area contributed by atoms with E-state index in [2.05, 4.69) is 0 Å². The van der Waals surface area contributed by atoms with Crippen LogP contribution >= 0.6 is 0 Å². The second-order valence-corrected chi connectivity index (χ2v) is 2.64. The molecule has 0 spiro atoms. The lowest BCUT2D eigenvalue weighted by Crippen LogP contribution is -2.10. The van der Waals surface area contributed by atoms with E-state index in [1.165, 1.54) is 0 Å². The number of ether oxygens (including phenoxy) is 1. The molecule has 0 aliphatic carbocycles. The van der Waals surface area contributed by atoms with Crippen LogP contribution in [0.25, 0.3) is 0 Å². The lowest BCUT2D eigenvalue weighted by Gasteiger charge is -2.09. The maximum absolute atomic E-state index is 8.71. The quantitative estimate of drug-likeness (QED) is 0.701. The third-order valence-electron chi connectivity index (χ3n) is 1.52. The first-order valence-electron chi connectivity index (χ1n) is 4.14. The highest BCUT2D eigenvalue weighted by molar-refractivity contribution is 5.46. The van der Waals surface area contributed by atoms with Gasteiger partial charge in [-0.1, -0.05) is 13.0 Å². The summed E-state index contributed by atoms with van der Waals surface area (Å²) in [6.07, 6.45) is 0.923. The molecule has 1 rings (SSSR count). The van der Waals surface area contributed by atoms with Crippen molar-refractivity contribution in [3.63, 3.8) is 0 Å². The Morgan fingerprint density at radius 1 is 1.38 bits per heavy atom. The molecule has 0 saturated carbocycles. The van der Waals surface area contributed by atoms with Gasteiger partial charge in [0.1, 0.15) is 5.75 Å². The zero-order valence-corrected chi connectivity index (χ0v) is 7.47. The molecule has 0 radical (unpaired) electrons. The molecule has 0 fully saturated rings. The lowest BCUT2D eigenvalue weighted by atomic mass is 10.3. The van der Waals surface area contributed by atoms with Crippen LogP contribution in [0.1, 0.15) is 13.3 Å². The van der Waals surface area contributed by atoms with E-state index in [1.54, 1.807) is 24.3 Å². The van der Waals surface area contributed by atoms with Crippen LogP contribution in [0.5, 0.6) is 5.75 Å². The van der Waals surface area contributed by atoms with Crippen molar-refractivity contribution in [3.05, 3.63) is 24.3 Å². The monoisotopic (exact) mass is 183 g/mol. The maximum atomic E-state index is 8.71. The number of hydrogen-bond donors (Lipinski definition) is 2. The summed E-state index contributed by atoms with van der Waals surface area (Å²) < 4.78 is 5.30. The summed E-state index contributed by atoms with van der Waals surface area (Å²) in [5.74, 6) is 0.632. The summed E-state index contributed by atoms with van der Waals surface area (Å²) in [7, 11) is 0. The van der Waals surface area contributed by atoms with Crippen molar-refractivity contribution >= 4 is 5.69 Å². The molecule has 0 heterocycles. The van der Waals surface area contributed by atoms with Crippen molar-refractivity contribution in [2.75, 3.05) is 11.8 Å². The summed E-state index contributed by atoms with van der Waals surface area (Å²) in [4.78, 5) is 0. The first-order valence-corrected chi connectivity index (χ1v) is 4.14. The van der Waals surface area contributed by atoms with Gasteiger partial charge in [0.2, 0.25) is 0 Å². The Balaban J connectivity index is 2.68. The molecule has 0 aliphatic heterocycles. The number of rotatable bonds is 4.